The van der Waals surface area contributed by atoms with Crippen LogP contribution in [0.2, 0.25) is 0 Å². The fraction of sp³-hybridized carbons (Fsp3) is 0.167. The Morgan fingerprint density at radius 2 is 1.81 bits per heavy atom. The van der Waals surface area contributed by atoms with E-state index < -0.39 is 0 Å². The molecule has 1 atom stereocenters. The number of hydrogen-bond acceptors (Lipinski definition) is 5. The van der Waals surface area contributed by atoms with Crippen LogP contribution in [0.3, 0.4) is 0 Å². The number of benzene rings is 3. The highest BCUT2D eigenvalue weighted by atomic mass is 79.9. The first-order valence-electron chi connectivity index (χ1n) is 9.97. The number of nitrogens with zero attached hydrogens (tertiary/aromatic N) is 1. The summed E-state index contributed by atoms with van der Waals surface area (Å²) in [6.07, 6.45) is 0. The summed E-state index contributed by atoms with van der Waals surface area (Å²) in [5.41, 5.74) is 1.96. The van der Waals surface area contributed by atoms with Crippen molar-refractivity contribution in [3.63, 3.8) is 0 Å². The van der Waals surface area contributed by atoms with Gasteiger partial charge in [0.25, 0.3) is 11.8 Å². The van der Waals surface area contributed by atoms with Gasteiger partial charge in [-0.3, -0.25) is 9.59 Å². The first kappa shape index (κ1) is 23.8. The SMILES string of the molecule is CCN(C(=O)c1ccccc1S)c1cc(C(=O)N[C@H](C)c2ccc(Br)cc2)ccc1OO. The summed E-state index contributed by atoms with van der Waals surface area (Å²) in [6.45, 7) is 3.97. The lowest BCUT2D eigenvalue weighted by atomic mass is 10.1. The number of carbonyl (C=O) groups excluding carboxylic acids is 2. The molecule has 32 heavy (non-hydrogen) atoms. The summed E-state index contributed by atoms with van der Waals surface area (Å²) in [4.78, 5) is 32.5. The predicted octanol–water partition coefficient (Wildman–Crippen LogP) is 5.75. The Hall–Kier alpha value is -2.81. The van der Waals surface area contributed by atoms with E-state index in [2.05, 4.69) is 38.8 Å². The van der Waals surface area contributed by atoms with Crippen LogP contribution in [0.4, 0.5) is 5.69 Å². The maximum atomic E-state index is 13.2. The van der Waals surface area contributed by atoms with Crippen LogP contribution >= 0.6 is 28.6 Å². The average Bonchev–Trinajstić information content (AvgIpc) is 2.80. The van der Waals surface area contributed by atoms with Crippen LogP contribution in [0.5, 0.6) is 5.75 Å². The molecule has 0 bridgehead atoms. The van der Waals surface area contributed by atoms with E-state index in [1.807, 2.05) is 31.2 Å². The summed E-state index contributed by atoms with van der Waals surface area (Å²) in [7, 11) is 0. The van der Waals surface area contributed by atoms with Crippen molar-refractivity contribution in [1.82, 2.24) is 5.32 Å². The molecule has 0 spiro atoms. The molecular formula is C24H23BrN2O4S. The summed E-state index contributed by atoms with van der Waals surface area (Å²) in [5, 5.41) is 12.3. The van der Waals surface area contributed by atoms with E-state index >= 15 is 0 Å². The summed E-state index contributed by atoms with van der Waals surface area (Å²) >= 11 is 7.77. The summed E-state index contributed by atoms with van der Waals surface area (Å²) in [5.74, 6) is -0.573. The van der Waals surface area contributed by atoms with E-state index in [-0.39, 0.29) is 35.8 Å². The number of halogens is 1. The lowest BCUT2D eigenvalue weighted by molar-refractivity contribution is -0.137. The minimum atomic E-state index is -0.322. The Kier molecular flexibility index (Phi) is 7.95. The lowest BCUT2D eigenvalue weighted by Gasteiger charge is -2.24. The third-order valence-corrected chi connectivity index (χ3v) is 5.94. The standard InChI is InChI=1S/C24H23BrN2O4S/c1-3-27(24(29)19-6-4-5-7-22(19)32)20-14-17(10-13-21(20)31-30)23(28)26-15(2)16-8-11-18(25)12-9-16/h4-15,30,32H,3H2,1-2H3,(H,26,28)/t15-/m1/s1. The molecule has 2 amide bonds. The van der Waals surface area contributed by atoms with Crippen LogP contribution in [0.15, 0.2) is 76.1 Å². The largest absolute Gasteiger partial charge is 0.346 e. The maximum Gasteiger partial charge on any atom is 0.259 e. The van der Waals surface area contributed by atoms with Gasteiger partial charge in [0.1, 0.15) is 0 Å². The highest BCUT2D eigenvalue weighted by Gasteiger charge is 2.23. The molecule has 3 rings (SSSR count). The Balaban J connectivity index is 1.90. The molecule has 0 aromatic heterocycles. The van der Waals surface area contributed by atoms with Crippen molar-refractivity contribution in [3.05, 3.63) is 87.9 Å². The second kappa shape index (κ2) is 10.7. The van der Waals surface area contributed by atoms with Crippen LogP contribution in [-0.2, 0) is 0 Å². The molecule has 0 aliphatic heterocycles. The molecule has 0 unspecified atom stereocenters. The van der Waals surface area contributed by atoms with Gasteiger partial charge in [-0.15, -0.1) is 12.6 Å². The Morgan fingerprint density at radius 3 is 2.44 bits per heavy atom. The van der Waals surface area contributed by atoms with Gasteiger partial charge in [0.15, 0.2) is 5.75 Å². The molecule has 0 fully saturated rings. The van der Waals surface area contributed by atoms with E-state index in [0.29, 0.717) is 16.0 Å². The number of rotatable bonds is 7. The van der Waals surface area contributed by atoms with Crippen LogP contribution in [0.1, 0.15) is 46.2 Å². The van der Waals surface area contributed by atoms with Crippen molar-refractivity contribution >= 4 is 46.1 Å². The van der Waals surface area contributed by atoms with Gasteiger partial charge < -0.3 is 15.1 Å². The molecule has 6 nitrogen and oxygen atoms in total. The number of hydrogen-bond donors (Lipinski definition) is 3. The Morgan fingerprint density at radius 1 is 1.12 bits per heavy atom. The molecule has 3 aromatic carbocycles. The molecule has 0 saturated carbocycles. The monoisotopic (exact) mass is 514 g/mol. The number of thiol groups is 1. The van der Waals surface area contributed by atoms with Crippen LogP contribution in [0, 0.1) is 0 Å². The first-order chi connectivity index (χ1) is 15.3. The summed E-state index contributed by atoms with van der Waals surface area (Å²) in [6, 6.07) is 18.9. The van der Waals surface area contributed by atoms with Gasteiger partial charge in [-0.1, -0.05) is 40.2 Å². The van der Waals surface area contributed by atoms with Crippen molar-refractivity contribution in [2.75, 3.05) is 11.4 Å². The topological polar surface area (TPSA) is 78.9 Å². The lowest BCUT2D eigenvalue weighted by Crippen LogP contribution is -2.32. The third kappa shape index (κ3) is 5.32. The van der Waals surface area contributed by atoms with E-state index in [0.717, 1.165) is 10.0 Å². The Bertz CT molecular complexity index is 1120. The van der Waals surface area contributed by atoms with Gasteiger partial charge in [0, 0.05) is 21.5 Å². The number of nitrogens with one attached hydrogen (secondary N) is 1. The smallest absolute Gasteiger partial charge is 0.259 e. The molecule has 0 heterocycles. The number of anilines is 1. The van der Waals surface area contributed by atoms with E-state index in [1.165, 1.54) is 23.1 Å². The molecule has 3 aromatic rings. The van der Waals surface area contributed by atoms with Crippen molar-refractivity contribution < 1.29 is 19.7 Å². The van der Waals surface area contributed by atoms with Crippen molar-refractivity contribution in [3.8, 4) is 5.75 Å². The van der Waals surface area contributed by atoms with Gasteiger partial charge in [0.05, 0.1) is 17.3 Å². The highest BCUT2D eigenvalue weighted by molar-refractivity contribution is 9.10. The van der Waals surface area contributed by atoms with Crippen molar-refractivity contribution in [2.24, 2.45) is 0 Å². The Labute approximate surface area is 200 Å². The summed E-state index contributed by atoms with van der Waals surface area (Å²) < 4.78 is 0.955. The van der Waals surface area contributed by atoms with E-state index in [9.17, 15) is 14.8 Å². The first-order valence-corrected chi connectivity index (χ1v) is 11.2. The molecule has 0 radical (unpaired) electrons. The fourth-order valence-corrected chi connectivity index (χ4v) is 3.81. The second-order valence-corrected chi connectivity index (χ2v) is 8.48. The number of amides is 2. The molecule has 166 valence electrons. The van der Waals surface area contributed by atoms with Gasteiger partial charge in [0.2, 0.25) is 0 Å². The average molecular weight is 515 g/mol. The second-order valence-electron chi connectivity index (χ2n) is 7.09. The van der Waals surface area contributed by atoms with Crippen molar-refractivity contribution in [2.45, 2.75) is 24.8 Å². The van der Waals surface area contributed by atoms with E-state index in [4.69, 9.17) is 0 Å². The molecule has 2 N–H and O–H groups in total. The van der Waals surface area contributed by atoms with Crippen LogP contribution in [-0.4, -0.2) is 23.6 Å². The normalized spacial score (nSPS) is 11.5. The number of carbonyl (C=O) groups is 2. The van der Waals surface area contributed by atoms with E-state index in [1.54, 1.807) is 31.2 Å². The highest BCUT2D eigenvalue weighted by Crippen LogP contribution is 2.31. The van der Waals surface area contributed by atoms with Gasteiger partial charge >= 0.3 is 0 Å². The quantitative estimate of drug-likeness (QED) is 0.213. The zero-order chi connectivity index (χ0) is 23.3. The molecule has 8 heteroatoms. The maximum absolute atomic E-state index is 13.2. The van der Waals surface area contributed by atoms with Crippen LogP contribution in [0.25, 0.3) is 0 Å². The molecular weight excluding hydrogens is 492 g/mol. The predicted molar refractivity (Wildman–Crippen MR) is 131 cm³/mol. The minimum absolute atomic E-state index is 0.0642. The van der Waals surface area contributed by atoms with Gasteiger partial charge in [-0.05, 0) is 61.9 Å². The zero-order valence-electron chi connectivity index (χ0n) is 17.6. The van der Waals surface area contributed by atoms with Gasteiger partial charge in [-0.2, -0.15) is 0 Å². The van der Waals surface area contributed by atoms with Crippen molar-refractivity contribution in [1.29, 1.82) is 0 Å². The zero-order valence-corrected chi connectivity index (χ0v) is 20.1. The third-order valence-electron chi connectivity index (χ3n) is 5.02. The van der Waals surface area contributed by atoms with Crippen LogP contribution < -0.4 is 15.1 Å². The molecule has 0 saturated heterocycles. The fourth-order valence-electron chi connectivity index (χ4n) is 3.28. The molecule has 0 aliphatic carbocycles. The van der Waals surface area contributed by atoms with Gasteiger partial charge in [-0.25, -0.2) is 5.26 Å². The minimum Gasteiger partial charge on any atom is -0.346 e. The molecule has 0 aliphatic rings.